The van der Waals surface area contributed by atoms with Gasteiger partial charge < -0.3 is 21.3 Å². The number of nitrogens with zero attached hydrogens (tertiary/aromatic N) is 3. The Labute approximate surface area is 229 Å². The van der Waals surface area contributed by atoms with Crippen LogP contribution < -0.4 is 21.7 Å². The van der Waals surface area contributed by atoms with Crippen molar-refractivity contribution in [1.82, 2.24) is 18.8 Å². The SMILES string of the molecule is CNc1c(CCCC(=O)N2CCC3C2CN3S(=O)(=O)N2CCC(N)CC2)cccc1NC1CCC(=O)NC1=O. The van der Waals surface area contributed by atoms with Crippen molar-refractivity contribution in [2.24, 2.45) is 5.73 Å². The molecule has 0 radical (unpaired) electrons. The quantitative estimate of drug-likeness (QED) is 0.312. The second-order valence-electron chi connectivity index (χ2n) is 10.9. The minimum absolute atomic E-state index is 0.0479. The van der Waals surface area contributed by atoms with Crippen LogP contribution in [0.4, 0.5) is 11.4 Å². The summed E-state index contributed by atoms with van der Waals surface area (Å²) in [6.45, 7) is 1.86. The first-order valence-electron chi connectivity index (χ1n) is 13.9. The molecule has 214 valence electrons. The van der Waals surface area contributed by atoms with Crippen LogP contribution in [0.1, 0.15) is 50.5 Å². The molecule has 4 saturated heterocycles. The Kier molecular flexibility index (Phi) is 8.13. The van der Waals surface area contributed by atoms with Gasteiger partial charge in [0.15, 0.2) is 0 Å². The highest BCUT2D eigenvalue weighted by molar-refractivity contribution is 7.86. The molecule has 0 saturated carbocycles. The molecule has 1 aromatic rings. The number of carbonyl (C=O) groups excluding carboxylic acids is 3. The molecule has 3 amide bonds. The minimum Gasteiger partial charge on any atom is -0.386 e. The lowest BCUT2D eigenvalue weighted by Gasteiger charge is -2.47. The molecule has 3 atom stereocenters. The zero-order chi connectivity index (χ0) is 27.7. The number of aryl methyl sites for hydroxylation is 1. The molecule has 4 aliphatic rings. The van der Waals surface area contributed by atoms with Gasteiger partial charge in [0.05, 0.1) is 17.4 Å². The monoisotopic (exact) mass is 561 g/mol. The van der Waals surface area contributed by atoms with E-state index >= 15 is 0 Å². The normalized spacial score (nSPS) is 26.6. The van der Waals surface area contributed by atoms with Crippen LogP contribution in [0.3, 0.4) is 0 Å². The summed E-state index contributed by atoms with van der Waals surface area (Å²) in [6.07, 6.45) is 4.47. The molecule has 4 aliphatic heterocycles. The molecule has 39 heavy (non-hydrogen) atoms. The van der Waals surface area contributed by atoms with Crippen LogP contribution in [0.5, 0.6) is 0 Å². The number of rotatable bonds is 9. The summed E-state index contributed by atoms with van der Waals surface area (Å²) in [5.74, 6) is -0.513. The molecule has 0 aromatic heterocycles. The van der Waals surface area contributed by atoms with Gasteiger partial charge in [-0.3, -0.25) is 19.7 Å². The summed E-state index contributed by atoms with van der Waals surface area (Å²) in [5.41, 5.74) is 8.62. The van der Waals surface area contributed by atoms with Crippen molar-refractivity contribution < 1.29 is 22.8 Å². The number of fused-ring (bicyclic) bond motifs is 1. The van der Waals surface area contributed by atoms with Gasteiger partial charge in [-0.2, -0.15) is 17.0 Å². The van der Waals surface area contributed by atoms with Crippen LogP contribution in [0, 0.1) is 0 Å². The van der Waals surface area contributed by atoms with Gasteiger partial charge in [-0.05, 0) is 50.2 Å². The lowest BCUT2D eigenvalue weighted by atomic mass is 10.0. The number of hydrogen-bond acceptors (Lipinski definition) is 8. The molecule has 13 heteroatoms. The zero-order valence-electron chi connectivity index (χ0n) is 22.4. The topological polar surface area (TPSA) is 157 Å². The number of carbonyl (C=O) groups is 3. The van der Waals surface area contributed by atoms with Gasteiger partial charge in [0, 0.05) is 58.2 Å². The third-order valence-electron chi connectivity index (χ3n) is 8.50. The maximum absolute atomic E-state index is 13.1. The van der Waals surface area contributed by atoms with Crippen molar-refractivity contribution in [3.63, 3.8) is 0 Å². The smallest absolute Gasteiger partial charge is 0.282 e. The first-order valence-corrected chi connectivity index (χ1v) is 15.3. The maximum atomic E-state index is 13.1. The van der Waals surface area contributed by atoms with Crippen molar-refractivity contribution in [2.45, 2.75) is 75.5 Å². The van der Waals surface area contributed by atoms with E-state index in [0.29, 0.717) is 77.5 Å². The molecule has 4 heterocycles. The molecule has 12 nitrogen and oxygen atoms in total. The number of para-hydroxylation sites is 1. The van der Waals surface area contributed by atoms with Gasteiger partial charge in [-0.25, -0.2) is 0 Å². The summed E-state index contributed by atoms with van der Waals surface area (Å²) in [4.78, 5) is 38.6. The van der Waals surface area contributed by atoms with Crippen molar-refractivity contribution in [3.05, 3.63) is 23.8 Å². The predicted octanol–water partition coefficient (Wildman–Crippen LogP) is 0.221. The van der Waals surface area contributed by atoms with Crippen LogP contribution >= 0.6 is 0 Å². The van der Waals surface area contributed by atoms with Crippen LogP contribution in [0.2, 0.25) is 0 Å². The van der Waals surface area contributed by atoms with E-state index in [2.05, 4.69) is 16.0 Å². The Morgan fingerprint density at radius 3 is 2.59 bits per heavy atom. The van der Waals surface area contributed by atoms with E-state index in [-0.39, 0.29) is 35.8 Å². The Morgan fingerprint density at radius 2 is 1.87 bits per heavy atom. The van der Waals surface area contributed by atoms with Crippen molar-refractivity contribution >= 4 is 39.3 Å². The van der Waals surface area contributed by atoms with E-state index in [1.807, 2.05) is 30.1 Å². The minimum atomic E-state index is -3.52. The number of nitrogens with two attached hydrogens (primary N) is 1. The third-order valence-corrected chi connectivity index (χ3v) is 10.5. The molecular formula is C26H39N7O5S. The average Bonchev–Trinajstić information content (AvgIpc) is 3.21. The predicted molar refractivity (Wildman–Crippen MR) is 147 cm³/mol. The molecule has 5 rings (SSSR count). The number of amides is 3. The van der Waals surface area contributed by atoms with Gasteiger partial charge in [-0.1, -0.05) is 12.1 Å². The van der Waals surface area contributed by atoms with Crippen molar-refractivity contribution in [3.8, 4) is 0 Å². The summed E-state index contributed by atoms with van der Waals surface area (Å²) in [6, 6.07) is 5.20. The Balaban J connectivity index is 1.13. The van der Waals surface area contributed by atoms with E-state index in [9.17, 15) is 22.8 Å². The number of hydrogen-bond donors (Lipinski definition) is 4. The first kappa shape index (κ1) is 27.8. The molecule has 3 unspecified atom stereocenters. The van der Waals surface area contributed by atoms with Gasteiger partial charge in [-0.15, -0.1) is 0 Å². The highest BCUT2D eigenvalue weighted by Gasteiger charge is 2.54. The van der Waals surface area contributed by atoms with Crippen LogP contribution in [0.15, 0.2) is 18.2 Å². The fraction of sp³-hybridized carbons (Fsp3) is 0.654. The molecule has 1 aromatic carbocycles. The van der Waals surface area contributed by atoms with E-state index in [0.717, 1.165) is 16.9 Å². The van der Waals surface area contributed by atoms with Crippen molar-refractivity contribution in [1.29, 1.82) is 0 Å². The van der Waals surface area contributed by atoms with E-state index in [1.165, 1.54) is 0 Å². The van der Waals surface area contributed by atoms with Gasteiger partial charge in [0.1, 0.15) is 6.04 Å². The maximum Gasteiger partial charge on any atom is 0.282 e. The standard InChI is InChI=1S/C26H39N7O5S/c1-28-25-17(4-2-6-19(25)29-20-8-9-23(34)30-26(20)36)5-3-7-24(35)32-15-12-21-22(32)16-33(21)39(37,38)31-13-10-18(27)11-14-31/h2,4,6,18,20-22,28-29H,3,5,7-16,27H2,1H3,(H,30,34,36). The number of likely N-dealkylation sites (tertiary alicyclic amines) is 1. The molecule has 0 bridgehead atoms. The van der Waals surface area contributed by atoms with Crippen LogP contribution in [0.25, 0.3) is 0 Å². The zero-order valence-corrected chi connectivity index (χ0v) is 23.2. The number of nitrogens with one attached hydrogen (secondary N) is 3. The van der Waals surface area contributed by atoms with E-state index in [1.54, 1.807) is 8.61 Å². The van der Waals surface area contributed by atoms with Gasteiger partial charge >= 0.3 is 0 Å². The molecular weight excluding hydrogens is 522 g/mol. The first-order chi connectivity index (χ1) is 18.7. The van der Waals surface area contributed by atoms with Crippen LogP contribution in [-0.2, 0) is 31.0 Å². The summed E-state index contributed by atoms with van der Waals surface area (Å²) >= 11 is 0. The molecule has 0 aliphatic carbocycles. The Hall–Kier alpha value is -2.74. The number of benzene rings is 1. The Morgan fingerprint density at radius 1 is 1.10 bits per heavy atom. The number of piperidine rings is 2. The van der Waals surface area contributed by atoms with E-state index in [4.69, 9.17) is 5.73 Å². The fourth-order valence-electron chi connectivity index (χ4n) is 6.22. The highest BCUT2D eigenvalue weighted by atomic mass is 32.2. The average molecular weight is 562 g/mol. The second-order valence-corrected chi connectivity index (χ2v) is 12.8. The number of imide groups is 1. The van der Waals surface area contributed by atoms with Gasteiger partial charge in [0.25, 0.3) is 10.2 Å². The molecule has 5 N–H and O–H groups in total. The summed E-state index contributed by atoms with van der Waals surface area (Å²) < 4.78 is 29.4. The largest absolute Gasteiger partial charge is 0.386 e. The number of anilines is 2. The van der Waals surface area contributed by atoms with Gasteiger partial charge in [0.2, 0.25) is 17.7 Å². The second kappa shape index (κ2) is 11.4. The fourth-order valence-corrected chi connectivity index (χ4v) is 8.12. The Bertz CT molecular complexity index is 1220. The summed E-state index contributed by atoms with van der Waals surface area (Å²) in [5, 5.41) is 8.83. The lowest BCUT2D eigenvalue weighted by molar-refractivity contribution is -0.135. The van der Waals surface area contributed by atoms with Crippen molar-refractivity contribution in [2.75, 3.05) is 43.9 Å². The summed E-state index contributed by atoms with van der Waals surface area (Å²) in [7, 11) is -1.70. The van der Waals surface area contributed by atoms with Crippen LogP contribution in [-0.4, -0.2) is 97.0 Å². The molecule has 4 fully saturated rings. The molecule has 0 spiro atoms. The highest BCUT2D eigenvalue weighted by Crippen LogP contribution is 2.37. The van der Waals surface area contributed by atoms with E-state index < -0.39 is 16.3 Å². The third kappa shape index (κ3) is 5.63. The lowest BCUT2D eigenvalue weighted by Crippen LogP contribution is -2.67.